The van der Waals surface area contributed by atoms with Crippen LogP contribution in [-0.4, -0.2) is 55.6 Å². The number of carbonyl (C=O) groups excluding carboxylic acids is 2. The Morgan fingerprint density at radius 3 is 2.62 bits per heavy atom. The van der Waals surface area contributed by atoms with E-state index in [1.54, 1.807) is 24.3 Å². The average molecular weight is 312 g/mol. The molecule has 0 spiro atoms. The molecular formula is C14H18ClN3O3. The monoisotopic (exact) mass is 311 g/mol. The molecule has 0 radical (unpaired) electrons. The molecule has 0 saturated carbocycles. The van der Waals surface area contributed by atoms with Crippen LogP contribution in [0.1, 0.15) is 10.4 Å². The molecule has 1 amide bonds. The number of Topliss-reactive ketones (excluding diaryl/α,β-unsaturated/α-hetero) is 1. The molecule has 0 aliphatic carbocycles. The first-order chi connectivity index (χ1) is 10.1. The molecule has 1 aromatic rings. The van der Waals surface area contributed by atoms with Gasteiger partial charge in [0, 0.05) is 38.3 Å². The van der Waals surface area contributed by atoms with Gasteiger partial charge in [-0.15, -0.1) is 0 Å². The summed E-state index contributed by atoms with van der Waals surface area (Å²) in [5.41, 5.74) is 5.41. The average Bonchev–Trinajstić information content (AvgIpc) is 2.47. The first kappa shape index (κ1) is 15.8. The van der Waals surface area contributed by atoms with Gasteiger partial charge in [0.2, 0.25) is 5.78 Å². The summed E-state index contributed by atoms with van der Waals surface area (Å²) in [4.78, 5) is 25.6. The lowest BCUT2D eigenvalue weighted by molar-refractivity contribution is 0.0522. The SMILES string of the molecule is NC(=O)OC(CN1CCNCC1)C(=O)c1ccccc1Cl. The van der Waals surface area contributed by atoms with Crippen LogP contribution in [0.3, 0.4) is 0 Å². The topological polar surface area (TPSA) is 84.7 Å². The maximum atomic E-state index is 12.5. The van der Waals surface area contributed by atoms with Crippen LogP contribution in [0.25, 0.3) is 0 Å². The van der Waals surface area contributed by atoms with Crippen molar-refractivity contribution in [3.8, 4) is 0 Å². The number of piperazine rings is 1. The molecule has 21 heavy (non-hydrogen) atoms. The number of nitrogens with zero attached hydrogens (tertiary/aromatic N) is 1. The predicted molar refractivity (Wildman–Crippen MR) is 79.5 cm³/mol. The fourth-order valence-corrected chi connectivity index (χ4v) is 2.51. The van der Waals surface area contributed by atoms with Gasteiger partial charge in [0.15, 0.2) is 6.10 Å². The van der Waals surface area contributed by atoms with Gasteiger partial charge in [0.25, 0.3) is 0 Å². The van der Waals surface area contributed by atoms with Crippen LogP contribution in [0.5, 0.6) is 0 Å². The van der Waals surface area contributed by atoms with Crippen molar-refractivity contribution in [3.63, 3.8) is 0 Å². The molecule has 1 fully saturated rings. The van der Waals surface area contributed by atoms with E-state index >= 15 is 0 Å². The van der Waals surface area contributed by atoms with E-state index in [-0.39, 0.29) is 5.78 Å². The highest BCUT2D eigenvalue weighted by molar-refractivity contribution is 6.34. The largest absolute Gasteiger partial charge is 0.437 e. The minimum atomic E-state index is -0.962. The van der Waals surface area contributed by atoms with E-state index in [4.69, 9.17) is 22.1 Å². The fraction of sp³-hybridized carbons (Fsp3) is 0.429. The second-order valence-corrected chi connectivity index (χ2v) is 5.23. The summed E-state index contributed by atoms with van der Waals surface area (Å²) >= 11 is 6.03. The van der Waals surface area contributed by atoms with Crippen molar-refractivity contribution < 1.29 is 14.3 Å². The molecule has 0 aromatic heterocycles. The van der Waals surface area contributed by atoms with Crippen LogP contribution in [0, 0.1) is 0 Å². The number of amides is 1. The van der Waals surface area contributed by atoms with Crippen molar-refractivity contribution in [2.24, 2.45) is 5.73 Å². The molecule has 1 atom stereocenters. The molecular weight excluding hydrogens is 294 g/mol. The lowest BCUT2D eigenvalue weighted by Gasteiger charge is -2.29. The highest BCUT2D eigenvalue weighted by atomic mass is 35.5. The molecule has 7 heteroatoms. The second kappa shape index (κ2) is 7.40. The number of hydrogen-bond acceptors (Lipinski definition) is 5. The van der Waals surface area contributed by atoms with Crippen molar-refractivity contribution in [2.75, 3.05) is 32.7 Å². The lowest BCUT2D eigenvalue weighted by atomic mass is 10.1. The normalized spacial score (nSPS) is 17.2. The Bertz CT molecular complexity index is 518. The first-order valence-corrected chi connectivity index (χ1v) is 7.13. The van der Waals surface area contributed by atoms with Crippen LogP contribution in [0.15, 0.2) is 24.3 Å². The first-order valence-electron chi connectivity index (χ1n) is 6.76. The number of primary amides is 1. The molecule has 1 aliphatic heterocycles. The van der Waals surface area contributed by atoms with Crippen LogP contribution < -0.4 is 11.1 Å². The van der Waals surface area contributed by atoms with Crippen molar-refractivity contribution in [3.05, 3.63) is 34.9 Å². The van der Waals surface area contributed by atoms with Crippen LogP contribution in [0.2, 0.25) is 5.02 Å². The third-order valence-corrected chi connectivity index (χ3v) is 3.65. The summed E-state index contributed by atoms with van der Waals surface area (Å²) in [6, 6.07) is 6.69. The van der Waals surface area contributed by atoms with Crippen molar-refractivity contribution in [1.82, 2.24) is 10.2 Å². The zero-order valence-corrected chi connectivity index (χ0v) is 12.3. The molecule has 0 bridgehead atoms. The second-order valence-electron chi connectivity index (χ2n) is 4.82. The molecule has 6 nitrogen and oxygen atoms in total. The standard InChI is InChI=1S/C14H18ClN3O3/c15-11-4-2-1-3-10(11)13(19)12(21-14(16)20)9-18-7-5-17-6-8-18/h1-4,12,17H,5-9H2,(H2,16,20). The van der Waals surface area contributed by atoms with Crippen molar-refractivity contribution >= 4 is 23.5 Å². The van der Waals surface area contributed by atoms with E-state index in [0.717, 1.165) is 26.2 Å². The lowest BCUT2D eigenvalue weighted by Crippen LogP contribution is -2.49. The van der Waals surface area contributed by atoms with Gasteiger partial charge in [-0.25, -0.2) is 4.79 Å². The molecule has 3 N–H and O–H groups in total. The quantitative estimate of drug-likeness (QED) is 0.789. The molecule has 1 saturated heterocycles. The van der Waals surface area contributed by atoms with Gasteiger partial charge in [-0.2, -0.15) is 0 Å². The molecule has 114 valence electrons. The van der Waals surface area contributed by atoms with Gasteiger partial charge in [-0.3, -0.25) is 9.69 Å². The number of halogens is 1. The number of rotatable bonds is 5. The number of benzene rings is 1. The number of nitrogens with two attached hydrogens (primary N) is 1. The van der Waals surface area contributed by atoms with Crippen LogP contribution >= 0.6 is 11.6 Å². The number of nitrogens with one attached hydrogen (secondary N) is 1. The predicted octanol–water partition coefficient (Wildman–Crippen LogP) is 0.892. The number of carbonyl (C=O) groups is 2. The van der Waals surface area contributed by atoms with Crippen molar-refractivity contribution in [2.45, 2.75) is 6.10 Å². The van der Waals surface area contributed by atoms with E-state index in [1.165, 1.54) is 0 Å². The highest BCUT2D eigenvalue weighted by Crippen LogP contribution is 2.18. The van der Waals surface area contributed by atoms with E-state index in [0.29, 0.717) is 17.1 Å². The zero-order valence-electron chi connectivity index (χ0n) is 11.5. The summed E-state index contributed by atoms with van der Waals surface area (Å²) in [6.07, 6.45) is -1.91. The maximum absolute atomic E-state index is 12.5. The molecule has 1 heterocycles. The van der Waals surface area contributed by atoms with Crippen molar-refractivity contribution in [1.29, 1.82) is 0 Å². The summed E-state index contributed by atoms with van der Waals surface area (Å²) < 4.78 is 4.99. The summed E-state index contributed by atoms with van der Waals surface area (Å²) in [5.74, 6) is -0.335. The Morgan fingerprint density at radius 1 is 1.33 bits per heavy atom. The molecule has 1 unspecified atom stereocenters. The Hall–Kier alpha value is -1.63. The Kier molecular flexibility index (Phi) is 5.55. The third-order valence-electron chi connectivity index (χ3n) is 3.32. The van der Waals surface area contributed by atoms with E-state index in [2.05, 4.69) is 10.2 Å². The highest BCUT2D eigenvalue weighted by Gasteiger charge is 2.27. The molecule has 1 aromatic carbocycles. The summed E-state index contributed by atoms with van der Waals surface area (Å²) in [5, 5.41) is 3.55. The van der Waals surface area contributed by atoms with Gasteiger partial charge < -0.3 is 15.8 Å². The van der Waals surface area contributed by atoms with E-state index in [9.17, 15) is 9.59 Å². The van der Waals surface area contributed by atoms with Gasteiger partial charge in [-0.05, 0) is 12.1 Å². The van der Waals surface area contributed by atoms with Crippen LogP contribution in [-0.2, 0) is 4.74 Å². The minimum absolute atomic E-state index is 0.314. The van der Waals surface area contributed by atoms with Gasteiger partial charge in [0.1, 0.15) is 0 Å². The number of hydrogen-bond donors (Lipinski definition) is 2. The number of ether oxygens (including phenoxy) is 1. The zero-order chi connectivity index (χ0) is 15.2. The summed E-state index contributed by atoms with van der Waals surface area (Å²) in [7, 11) is 0. The fourth-order valence-electron chi connectivity index (χ4n) is 2.28. The smallest absolute Gasteiger partial charge is 0.405 e. The van der Waals surface area contributed by atoms with E-state index < -0.39 is 12.2 Å². The Labute approximate surface area is 128 Å². The Balaban J connectivity index is 2.12. The van der Waals surface area contributed by atoms with E-state index in [1.807, 2.05) is 0 Å². The Morgan fingerprint density at radius 2 is 2.00 bits per heavy atom. The molecule has 2 rings (SSSR count). The van der Waals surface area contributed by atoms with Gasteiger partial charge >= 0.3 is 6.09 Å². The summed E-state index contributed by atoms with van der Waals surface area (Å²) in [6.45, 7) is 3.56. The van der Waals surface area contributed by atoms with Gasteiger partial charge in [0.05, 0.1) is 5.02 Å². The third kappa shape index (κ3) is 4.42. The minimum Gasteiger partial charge on any atom is -0.437 e. The maximum Gasteiger partial charge on any atom is 0.405 e. The molecule has 1 aliphatic rings. The van der Waals surface area contributed by atoms with Gasteiger partial charge in [-0.1, -0.05) is 23.7 Å². The van der Waals surface area contributed by atoms with Crippen LogP contribution in [0.4, 0.5) is 4.79 Å². The number of ketones is 1.